The van der Waals surface area contributed by atoms with Crippen molar-refractivity contribution >= 4 is 21.7 Å². The normalized spacial score (nSPS) is 17.8. The monoisotopic (exact) mass is 429 g/mol. The van der Waals surface area contributed by atoms with Gasteiger partial charge in [0.2, 0.25) is 10.0 Å². The standard InChI is InChI=1S/C22H27N3O4S/c1-14-7-8-19(15(2)13-14)30(28,29)25-11-9-24(10-12-25)22(27)21-16(3)20-17(23-21)5-4-6-18(20)26/h7-8,13,23H,4-6,9-12H2,1-3H3. The number of carbonyl (C=O) groups is 2. The molecule has 0 saturated carbocycles. The van der Waals surface area contributed by atoms with E-state index >= 15 is 0 Å². The van der Waals surface area contributed by atoms with Gasteiger partial charge in [0.25, 0.3) is 5.91 Å². The number of sulfonamides is 1. The molecule has 1 saturated heterocycles. The van der Waals surface area contributed by atoms with E-state index in [1.54, 1.807) is 24.0 Å². The van der Waals surface area contributed by atoms with Crippen molar-refractivity contribution in [1.82, 2.24) is 14.2 Å². The van der Waals surface area contributed by atoms with Gasteiger partial charge in [0.1, 0.15) is 5.69 Å². The minimum Gasteiger partial charge on any atom is -0.354 e. The summed E-state index contributed by atoms with van der Waals surface area (Å²) in [5, 5.41) is 0. The van der Waals surface area contributed by atoms with Crippen molar-refractivity contribution in [1.29, 1.82) is 0 Å². The lowest BCUT2D eigenvalue weighted by Gasteiger charge is -2.34. The number of rotatable bonds is 3. The van der Waals surface area contributed by atoms with Gasteiger partial charge in [-0.2, -0.15) is 4.31 Å². The van der Waals surface area contributed by atoms with Crippen LogP contribution in [0.1, 0.15) is 56.1 Å². The van der Waals surface area contributed by atoms with Crippen LogP contribution in [0.25, 0.3) is 0 Å². The van der Waals surface area contributed by atoms with Crippen molar-refractivity contribution in [3.8, 4) is 0 Å². The van der Waals surface area contributed by atoms with E-state index in [4.69, 9.17) is 0 Å². The summed E-state index contributed by atoms with van der Waals surface area (Å²) in [6.45, 7) is 6.69. The molecule has 8 heteroatoms. The van der Waals surface area contributed by atoms with Gasteiger partial charge in [-0.25, -0.2) is 8.42 Å². The van der Waals surface area contributed by atoms with Gasteiger partial charge in [-0.3, -0.25) is 9.59 Å². The number of nitrogens with zero attached hydrogens (tertiary/aromatic N) is 2. The van der Waals surface area contributed by atoms with Crippen LogP contribution in [0.5, 0.6) is 0 Å². The largest absolute Gasteiger partial charge is 0.354 e. The summed E-state index contributed by atoms with van der Waals surface area (Å²) >= 11 is 0. The fourth-order valence-corrected chi connectivity index (χ4v) is 6.13. The fraction of sp³-hybridized carbons (Fsp3) is 0.455. The first-order valence-electron chi connectivity index (χ1n) is 10.3. The molecule has 0 spiro atoms. The minimum absolute atomic E-state index is 0.0911. The van der Waals surface area contributed by atoms with Crippen LogP contribution in [0.2, 0.25) is 0 Å². The third-order valence-corrected chi connectivity index (χ3v) is 8.18. The molecule has 1 aromatic heterocycles. The molecule has 1 aromatic carbocycles. The summed E-state index contributed by atoms with van der Waals surface area (Å²) in [6.07, 6.45) is 2.10. The van der Waals surface area contributed by atoms with Crippen LogP contribution < -0.4 is 0 Å². The quantitative estimate of drug-likeness (QED) is 0.812. The molecule has 160 valence electrons. The maximum Gasteiger partial charge on any atom is 0.270 e. The van der Waals surface area contributed by atoms with Crippen molar-refractivity contribution in [3.63, 3.8) is 0 Å². The Balaban J connectivity index is 1.50. The van der Waals surface area contributed by atoms with Crippen LogP contribution in [0, 0.1) is 20.8 Å². The number of fused-ring (bicyclic) bond motifs is 1. The van der Waals surface area contributed by atoms with Gasteiger partial charge in [0, 0.05) is 43.9 Å². The zero-order valence-corrected chi connectivity index (χ0v) is 18.4. The number of H-pyrrole nitrogens is 1. The van der Waals surface area contributed by atoms with Crippen LogP contribution in [0.15, 0.2) is 23.1 Å². The summed E-state index contributed by atoms with van der Waals surface area (Å²) < 4.78 is 27.6. The number of aromatic nitrogens is 1. The summed E-state index contributed by atoms with van der Waals surface area (Å²) in [4.78, 5) is 30.5. The highest BCUT2D eigenvalue weighted by Crippen LogP contribution is 2.28. The van der Waals surface area contributed by atoms with Crippen molar-refractivity contribution in [2.45, 2.75) is 44.9 Å². The first-order chi connectivity index (χ1) is 14.2. The predicted molar refractivity (Wildman–Crippen MR) is 113 cm³/mol. The Labute approximate surface area is 177 Å². The maximum absolute atomic E-state index is 13.1. The second-order valence-corrected chi connectivity index (χ2v) is 10.1. The summed E-state index contributed by atoms with van der Waals surface area (Å²) in [5.41, 5.74) is 4.44. The van der Waals surface area contributed by atoms with Gasteiger partial charge >= 0.3 is 0 Å². The SMILES string of the molecule is Cc1ccc(S(=O)(=O)N2CCN(C(=O)c3[nH]c4c(c3C)C(=O)CCC4)CC2)c(C)c1. The first kappa shape index (κ1) is 20.8. The summed E-state index contributed by atoms with van der Waals surface area (Å²) in [5.74, 6) is -0.0771. The van der Waals surface area contributed by atoms with E-state index in [1.807, 2.05) is 19.9 Å². The maximum atomic E-state index is 13.1. The Morgan fingerprint density at radius 3 is 2.37 bits per heavy atom. The van der Waals surface area contributed by atoms with E-state index in [0.717, 1.165) is 29.7 Å². The molecule has 1 N–H and O–H groups in total. The van der Waals surface area contributed by atoms with E-state index in [0.29, 0.717) is 41.2 Å². The first-order valence-corrected chi connectivity index (χ1v) is 11.8. The third-order valence-electron chi connectivity index (χ3n) is 6.13. The molecule has 30 heavy (non-hydrogen) atoms. The van der Waals surface area contributed by atoms with Crippen molar-refractivity contribution in [2.75, 3.05) is 26.2 Å². The Kier molecular flexibility index (Phi) is 5.32. The molecule has 4 rings (SSSR count). The zero-order chi connectivity index (χ0) is 21.6. The molecule has 0 atom stereocenters. The molecule has 7 nitrogen and oxygen atoms in total. The number of aryl methyl sites for hydroxylation is 3. The molecular formula is C22H27N3O4S. The molecule has 2 heterocycles. The number of carbonyl (C=O) groups excluding carboxylic acids is 2. The molecule has 1 aliphatic carbocycles. The van der Waals surface area contributed by atoms with Crippen molar-refractivity contribution in [2.24, 2.45) is 0 Å². The van der Waals surface area contributed by atoms with E-state index in [9.17, 15) is 18.0 Å². The van der Waals surface area contributed by atoms with Gasteiger partial charge in [-0.05, 0) is 50.8 Å². The molecule has 0 bridgehead atoms. The molecule has 1 amide bonds. The number of hydrogen-bond acceptors (Lipinski definition) is 4. The zero-order valence-electron chi connectivity index (χ0n) is 17.6. The Morgan fingerprint density at radius 1 is 1.03 bits per heavy atom. The Morgan fingerprint density at radius 2 is 1.73 bits per heavy atom. The highest BCUT2D eigenvalue weighted by Gasteiger charge is 2.33. The van der Waals surface area contributed by atoms with Crippen LogP contribution in [-0.4, -0.2) is 60.5 Å². The topological polar surface area (TPSA) is 90.6 Å². The lowest BCUT2D eigenvalue weighted by molar-refractivity contribution is 0.0691. The smallest absolute Gasteiger partial charge is 0.270 e. The van der Waals surface area contributed by atoms with Gasteiger partial charge < -0.3 is 9.88 Å². The molecule has 1 aliphatic heterocycles. The van der Waals surface area contributed by atoms with Gasteiger partial charge in [0.15, 0.2) is 5.78 Å². The van der Waals surface area contributed by atoms with Crippen molar-refractivity contribution < 1.29 is 18.0 Å². The molecule has 2 aliphatic rings. The van der Waals surface area contributed by atoms with Crippen LogP contribution in [0.3, 0.4) is 0 Å². The highest BCUT2D eigenvalue weighted by atomic mass is 32.2. The van der Waals surface area contributed by atoms with Gasteiger partial charge in [0.05, 0.1) is 4.90 Å². The van der Waals surface area contributed by atoms with Crippen molar-refractivity contribution in [3.05, 3.63) is 51.8 Å². The molecule has 1 fully saturated rings. The number of piperazine rings is 1. The molecule has 0 unspecified atom stereocenters. The number of aromatic amines is 1. The van der Waals surface area contributed by atoms with Gasteiger partial charge in [-0.1, -0.05) is 17.7 Å². The molecule has 2 aromatic rings. The summed E-state index contributed by atoms with van der Waals surface area (Å²) in [6, 6.07) is 5.32. The molecular weight excluding hydrogens is 402 g/mol. The summed E-state index contributed by atoms with van der Waals surface area (Å²) in [7, 11) is -3.60. The number of nitrogens with one attached hydrogen (secondary N) is 1. The number of benzene rings is 1. The van der Waals surface area contributed by atoms with E-state index in [1.165, 1.54) is 4.31 Å². The highest BCUT2D eigenvalue weighted by molar-refractivity contribution is 7.89. The lowest BCUT2D eigenvalue weighted by Crippen LogP contribution is -2.50. The average Bonchev–Trinajstić information content (AvgIpc) is 3.05. The number of Topliss-reactive ketones (excluding diaryl/α,β-unsaturated/α-hetero) is 1. The second-order valence-electron chi connectivity index (χ2n) is 8.22. The van der Waals surface area contributed by atoms with E-state index < -0.39 is 10.0 Å². The number of amides is 1. The van der Waals surface area contributed by atoms with Gasteiger partial charge in [-0.15, -0.1) is 0 Å². The minimum atomic E-state index is -3.60. The average molecular weight is 430 g/mol. The van der Waals surface area contributed by atoms with Crippen LogP contribution in [0.4, 0.5) is 0 Å². The third kappa shape index (κ3) is 3.48. The van der Waals surface area contributed by atoms with Crippen LogP contribution >= 0.6 is 0 Å². The Hall–Kier alpha value is -2.45. The number of ketones is 1. The predicted octanol–water partition coefficient (Wildman–Crippen LogP) is 2.61. The van der Waals surface area contributed by atoms with E-state index in [-0.39, 0.29) is 24.8 Å². The second kappa shape index (κ2) is 7.67. The Bertz CT molecular complexity index is 1130. The van der Waals surface area contributed by atoms with E-state index in [2.05, 4.69) is 4.98 Å². The lowest BCUT2D eigenvalue weighted by atomic mass is 9.94. The van der Waals surface area contributed by atoms with Crippen LogP contribution in [-0.2, 0) is 16.4 Å². The fourth-order valence-electron chi connectivity index (χ4n) is 4.51. The number of hydrogen-bond donors (Lipinski definition) is 1. The molecule has 0 radical (unpaired) electrons.